The molecule has 0 bridgehead atoms. The first-order valence-corrected chi connectivity index (χ1v) is 7.71. The van der Waals surface area contributed by atoms with Gasteiger partial charge in [-0.25, -0.2) is 0 Å². The molecule has 106 valence electrons. The number of hydrogen-bond acceptors (Lipinski definition) is 4. The van der Waals surface area contributed by atoms with Gasteiger partial charge in [0, 0.05) is 35.3 Å². The molecule has 0 saturated carbocycles. The van der Waals surface area contributed by atoms with E-state index < -0.39 is 0 Å². The number of rotatable bonds is 2. The molecule has 4 nitrogen and oxygen atoms in total. The van der Waals surface area contributed by atoms with E-state index in [0.717, 1.165) is 23.5 Å². The fourth-order valence-corrected chi connectivity index (χ4v) is 3.43. The van der Waals surface area contributed by atoms with Crippen LogP contribution in [-0.2, 0) is 4.74 Å². The summed E-state index contributed by atoms with van der Waals surface area (Å²) in [6.45, 7) is 6.43. The molecule has 0 radical (unpaired) electrons. The third-order valence-corrected chi connectivity index (χ3v) is 4.54. The average molecular weight is 290 g/mol. The van der Waals surface area contributed by atoms with Crippen LogP contribution in [-0.4, -0.2) is 30.8 Å². The van der Waals surface area contributed by atoms with Crippen LogP contribution in [0.15, 0.2) is 27.7 Å². The Morgan fingerprint density at radius 2 is 2.25 bits per heavy atom. The lowest BCUT2D eigenvalue weighted by Gasteiger charge is -2.35. The van der Waals surface area contributed by atoms with Crippen molar-refractivity contribution in [2.45, 2.75) is 19.9 Å². The van der Waals surface area contributed by atoms with E-state index in [9.17, 15) is 4.79 Å². The van der Waals surface area contributed by atoms with Crippen LogP contribution < -0.4 is 10.5 Å². The zero-order valence-corrected chi connectivity index (χ0v) is 12.5. The molecule has 1 aliphatic rings. The van der Waals surface area contributed by atoms with Gasteiger partial charge in [-0.05, 0) is 30.9 Å². The van der Waals surface area contributed by atoms with E-state index in [1.54, 1.807) is 17.4 Å². The molecule has 1 aliphatic heterocycles. The van der Waals surface area contributed by atoms with Crippen molar-refractivity contribution >= 4 is 17.0 Å². The maximum atomic E-state index is 12.0. The molecule has 2 aromatic rings. The maximum Gasteiger partial charge on any atom is 0.250 e. The Bertz CT molecular complexity index is 662. The molecule has 1 fully saturated rings. The third-order valence-electron chi connectivity index (χ3n) is 3.67. The normalized spacial score (nSPS) is 19.3. The van der Waals surface area contributed by atoms with Gasteiger partial charge in [0.2, 0.25) is 5.56 Å². The summed E-state index contributed by atoms with van der Waals surface area (Å²) in [5.41, 5.74) is 4.12. The lowest BCUT2D eigenvalue weighted by molar-refractivity contribution is 0.0989. The van der Waals surface area contributed by atoms with Gasteiger partial charge in [0.15, 0.2) is 0 Å². The number of aryl methyl sites for hydroxylation is 1. The molecule has 1 atom stereocenters. The van der Waals surface area contributed by atoms with Crippen LogP contribution in [0.25, 0.3) is 11.3 Å². The van der Waals surface area contributed by atoms with Crippen LogP contribution in [0.5, 0.6) is 0 Å². The SMILES string of the molecule is Cc1cscc1-c1cc(N2CCOC[C@H]2C)cc(=O)[nH]1. The highest BCUT2D eigenvalue weighted by Gasteiger charge is 2.20. The van der Waals surface area contributed by atoms with Crippen LogP contribution in [0.2, 0.25) is 0 Å². The van der Waals surface area contributed by atoms with E-state index in [1.165, 1.54) is 5.56 Å². The van der Waals surface area contributed by atoms with Crippen LogP contribution in [0.3, 0.4) is 0 Å². The zero-order chi connectivity index (χ0) is 14.1. The number of nitrogens with one attached hydrogen (secondary N) is 1. The molecule has 0 aliphatic carbocycles. The van der Waals surface area contributed by atoms with Gasteiger partial charge in [0.05, 0.1) is 18.9 Å². The van der Waals surface area contributed by atoms with Crippen molar-refractivity contribution in [3.8, 4) is 11.3 Å². The topological polar surface area (TPSA) is 45.3 Å². The molecule has 1 N–H and O–H groups in total. The Labute approximate surface area is 122 Å². The summed E-state index contributed by atoms with van der Waals surface area (Å²) in [5.74, 6) is 0. The van der Waals surface area contributed by atoms with E-state index in [2.05, 4.69) is 40.6 Å². The van der Waals surface area contributed by atoms with Gasteiger partial charge < -0.3 is 14.6 Å². The molecular weight excluding hydrogens is 272 g/mol. The molecular formula is C15H18N2O2S. The number of anilines is 1. The quantitative estimate of drug-likeness (QED) is 0.925. The maximum absolute atomic E-state index is 12.0. The average Bonchev–Trinajstić information content (AvgIpc) is 2.85. The minimum atomic E-state index is -0.0539. The van der Waals surface area contributed by atoms with Crippen LogP contribution in [0.4, 0.5) is 5.69 Å². The number of aromatic amines is 1. The van der Waals surface area contributed by atoms with Crippen molar-refractivity contribution in [3.63, 3.8) is 0 Å². The smallest absolute Gasteiger partial charge is 0.250 e. The summed E-state index contributed by atoms with van der Waals surface area (Å²) < 4.78 is 5.46. The highest BCUT2D eigenvalue weighted by Crippen LogP contribution is 2.28. The predicted octanol–water partition coefficient (Wildman–Crippen LogP) is 2.64. The van der Waals surface area contributed by atoms with E-state index in [4.69, 9.17) is 4.74 Å². The lowest BCUT2D eigenvalue weighted by Crippen LogP contribution is -2.44. The number of H-pyrrole nitrogens is 1. The number of aromatic nitrogens is 1. The summed E-state index contributed by atoms with van der Waals surface area (Å²) in [5, 5.41) is 4.17. The predicted molar refractivity (Wildman–Crippen MR) is 82.7 cm³/mol. The van der Waals surface area contributed by atoms with Gasteiger partial charge in [-0.3, -0.25) is 4.79 Å². The van der Waals surface area contributed by atoms with Gasteiger partial charge in [-0.15, -0.1) is 0 Å². The van der Waals surface area contributed by atoms with Crippen LogP contribution in [0.1, 0.15) is 12.5 Å². The molecule has 3 rings (SSSR count). The molecule has 20 heavy (non-hydrogen) atoms. The summed E-state index contributed by atoms with van der Waals surface area (Å²) in [4.78, 5) is 17.1. The molecule has 0 unspecified atom stereocenters. The van der Waals surface area contributed by atoms with Crippen LogP contribution >= 0.6 is 11.3 Å². The summed E-state index contributed by atoms with van der Waals surface area (Å²) in [6, 6.07) is 4.03. The highest BCUT2D eigenvalue weighted by molar-refractivity contribution is 7.08. The Balaban J connectivity index is 2.03. The Morgan fingerprint density at radius 1 is 1.40 bits per heavy atom. The van der Waals surface area contributed by atoms with E-state index >= 15 is 0 Å². The second-order valence-corrected chi connectivity index (χ2v) is 5.95. The largest absolute Gasteiger partial charge is 0.377 e. The molecule has 1 saturated heterocycles. The fourth-order valence-electron chi connectivity index (χ4n) is 2.59. The summed E-state index contributed by atoms with van der Waals surface area (Å²) in [6.07, 6.45) is 0. The van der Waals surface area contributed by atoms with E-state index in [-0.39, 0.29) is 5.56 Å². The minimum absolute atomic E-state index is 0.0539. The van der Waals surface area contributed by atoms with Crippen molar-refractivity contribution in [3.05, 3.63) is 38.8 Å². The first-order chi connectivity index (χ1) is 9.65. The molecule has 2 aromatic heterocycles. The first kappa shape index (κ1) is 13.4. The fraction of sp³-hybridized carbons (Fsp3) is 0.400. The Hall–Kier alpha value is -1.59. The van der Waals surface area contributed by atoms with Gasteiger partial charge >= 0.3 is 0 Å². The number of morpholine rings is 1. The standard InChI is InChI=1S/C15H18N2O2S/c1-10-8-20-9-13(10)14-5-12(6-15(18)16-14)17-3-4-19-7-11(17)2/h5-6,8-9,11H,3-4,7H2,1-2H3,(H,16,18)/t11-/m1/s1. The summed E-state index contributed by atoms with van der Waals surface area (Å²) >= 11 is 1.65. The van der Waals surface area contributed by atoms with E-state index in [1.807, 2.05) is 0 Å². The third kappa shape index (κ3) is 2.51. The second-order valence-electron chi connectivity index (χ2n) is 5.20. The molecule has 0 aromatic carbocycles. The molecule has 0 amide bonds. The van der Waals surface area contributed by atoms with Gasteiger partial charge in [-0.1, -0.05) is 0 Å². The van der Waals surface area contributed by atoms with Crippen molar-refractivity contribution in [2.75, 3.05) is 24.7 Å². The van der Waals surface area contributed by atoms with Gasteiger partial charge in [0.1, 0.15) is 0 Å². The van der Waals surface area contributed by atoms with Crippen molar-refractivity contribution in [1.82, 2.24) is 4.98 Å². The first-order valence-electron chi connectivity index (χ1n) is 6.77. The summed E-state index contributed by atoms with van der Waals surface area (Å²) in [7, 11) is 0. The van der Waals surface area contributed by atoms with Crippen molar-refractivity contribution < 1.29 is 4.74 Å². The van der Waals surface area contributed by atoms with Crippen LogP contribution in [0, 0.1) is 6.92 Å². The number of ether oxygens (including phenoxy) is 1. The monoisotopic (exact) mass is 290 g/mol. The van der Waals surface area contributed by atoms with Crippen molar-refractivity contribution in [2.24, 2.45) is 0 Å². The zero-order valence-electron chi connectivity index (χ0n) is 11.7. The van der Waals surface area contributed by atoms with Crippen molar-refractivity contribution in [1.29, 1.82) is 0 Å². The molecule has 5 heteroatoms. The highest BCUT2D eigenvalue weighted by atomic mass is 32.1. The van der Waals surface area contributed by atoms with E-state index in [0.29, 0.717) is 19.3 Å². The number of nitrogens with zero attached hydrogens (tertiary/aromatic N) is 1. The minimum Gasteiger partial charge on any atom is -0.377 e. The van der Waals surface area contributed by atoms with Gasteiger partial charge in [0.25, 0.3) is 0 Å². The Kier molecular flexibility index (Phi) is 3.63. The number of pyridine rings is 1. The van der Waals surface area contributed by atoms with Gasteiger partial charge in [-0.2, -0.15) is 11.3 Å². The molecule has 3 heterocycles. The lowest BCUT2D eigenvalue weighted by atomic mass is 10.1. The second kappa shape index (κ2) is 5.42. The Morgan fingerprint density at radius 3 is 2.95 bits per heavy atom. The number of hydrogen-bond donors (Lipinski definition) is 1. The number of thiophene rings is 1. The molecule has 0 spiro atoms.